The molecule has 3 N–H and O–H groups in total. The van der Waals surface area contributed by atoms with Crippen LogP contribution in [0.2, 0.25) is 0 Å². The summed E-state index contributed by atoms with van der Waals surface area (Å²) < 4.78 is 13.0. The minimum absolute atomic E-state index is 0.225. The van der Waals surface area contributed by atoms with Gasteiger partial charge in [-0.15, -0.1) is 0 Å². The van der Waals surface area contributed by atoms with Gasteiger partial charge in [0, 0.05) is 23.2 Å². The lowest BCUT2D eigenvalue weighted by Crippen LogP contribution is -2.19. The standard InChI is InChI=1S/C22H17FN4O2/c23-15-8-10-16(11-9-15)24-22(29)25-17-5-3-4-14(12-17)13-20-18-6-1-2-7-19(18)21(28)27-26-20/h1-12H,13H2,(H,27,28)(H2,24,25,29). The van der Waals surface area contributed by atoms with E-state index in [1.165, 1.54) is 24.3 Å². The summed E-state index contributed by atoms with van der Waals surface area (Å²) in [6.45, 7) is 0. The highest BCUT2D eigenvalue weighted by Gasteiger charge is 2.08. The summed E-state index contributed by atoms with van der Waals surface area (Å²) in [5, 5.41) is 13.5. The van der Waals surface area contributed by atoms with Crippen molar-refractivity contribution in [3.8, 4) is 0 Å². The Morgan fingerprint density at radius 3 is 2.41 bits per heavy atom. The Kier molecular flexibility index (Phi) is 5.03. The van der Waals surface area contributed by atoms with Crippen LogP contribution in [0.25, 0.3) is 10.8 Å². The molecule has 4 rings (SSSR count). The Bertz CT molecular complexity index is 1240. The quantitative estimate of drug-likeness (QED) is 0.487. The third-order valence-electron chi connectivity index (χ3n) is 4.43. The summed E-state index contributed by atoms with van der Waals surface area (Å²) in [7, 11) is 0. The van der Waals surface area contributed by atoms with E-state index in [1.807, 2.05) is 36.4 Å². The van der Waals surface area contributed by atoms with Crippen molar-refractivity contribution in [3.05, 3.63) is 100 Å². The molecule has 0 spiro atoms. The van der Waals surface area contributed by atoms with E-state index >= 15 is 0 Å². The molecule has 0 saturated heterocycles. The van der Waals surface area contributed by atoms with E-state index < -0.39 is 6.03 Å². The number of amides is 2. The highest BCUT2D eigenvalue weighted by atomic mass is 19.1. The molecule has 0 atom stereocenters. The van der Waals surface area contributed by atoms with Gasteiger partial charge in [-0.05, 0) is 48.0 Å². The molecule has 144 valence electrons. The van der Waals surface area contributed by atoms with E-state index in [0.29, 0.717) is 23.2 Å². The van der Waals surface area contributed by atoms with Crippen molar-refractivity contribution in [1.29, 1.82) is 0 Å². The van der Waals surface area contributed by atoms with Crippen molar-refractivity contribution in [1.82, 2.24) is 10.2 Å². The number of benzene rings is 3. The van der Waals surface area contributed by atoms with Crippen LogP contribution >= 0.6 is 0 Å². The molecule has 1 heterocycles. The predicted octanol–water partition coefficient (Wildman–Crippen LogP) is 4.30. The third-order valence-corrected chi connectivity index (χ3v) is 4.43. The molecule has 29 heavy (non-hydrogen) atoms. The van der Waals surface area contributed by atoms with Gasteiger partial charge in [0.05, 0.1) is 11.1 Å². The van der Waals surface area contributed by atoms with E-state index in [9.17, 15) is 14.0 Å². The van der Waals surface area contributed by atoms with Gasteiger partial charge in [-0.3, -0.25) is 4.79 Å². The summed E-state index contributed by atoms with van der Waals surface area (Å²) in [6.07, 6.45) is 0.492. The van der Waals surface area contributed by atoms with Crippen LogP contribution in [0.15, 0.2) is 77.6 Å². The number of hydrogen-bond donors (Lipinski definition) is 3. The Morgan fingerprint density at radius 2 is 1.62 bits per heavy atom. The maximum Gasteiger partial charge on any atom is 0.323 e. The number of anilines is 2. The summed E-state index contributed by atoms with van der Waals surface area (Å²) in [5.74, 6) is -0.368. The van der Waals surface area contributed by atoms with Gasteiger partial charge in [0.2, 0.25) is 0 Å². The molecule has 0 aliphatic carbocycles. The monoisotopic (exact) mass is 388 g/mol. The number of rotatable bonds is 4. The lowest BCUT2D eigenvalue weighted by Gasteiger charge is -2.10. The molecule has 0 aliphatic rings. The second kappa shape index (κ2) is 7.93. The number of hydrogen-bond acceptors (Lipinski definition) is 3. The number of urea groups is 1. The van der Waals surface area contributed by atoms with Gasteiger partial charge >= 0.3 is 6.03 Å². The number of halogens is 1. The minimum Gasteiger partial charge on any atom is -0.308 e. The first kappa shape index (κ1) is 18.4. The van der Waals surface area contributed by atoms with E-state index in [1.54, 1.807) is 12.1 Å². The number of nitrogens with zero attached hydrogens (tertiary/aromatic N) is 1. The maximum absolute atomic E-state index is 13.0. The normalized spacial score (nSPS) is 10.7. The predicted molar refractivity (Wildman–Crippen MR) is 111 cm³/mol. The van der Waals surface area contributed by atoms with Gasteiger partial charge in [-0.2, -0.15) is 5.10 Å². The third kappa shape index (κ3) is 4.30. The van der Waals surface area contributed by atoms with Gasteiger partial charge < -0.3 is 10.6 Å². The first-order chi connectivity index (χ1) is 14.1. The second-order valence-electron chi connectivity index (χ2n) is 6.51. The van der Waals surface area contributed by atoms with E-state index in [-0.39, 0.29) is 11.4 Å². The van der Waals surface area contributed by atoms with Gasteiger partial charge in [-0.25, -0.2) is 14.3 Å². The van der Waals surface area contributed by atoms with E-state index in [0.717, 1.165) is 16.6 Å². The summed E-state index contributed by atoms with van der Waals surface area (Å²) >= 11 is 0. The van der Waals surface area contributed by atoms with E-state index in [2.05, 4.69) is 20.8 Å². The molecule has 0 fully saturated rings. The second-order valence-corrected chi connectivity index (χ2v) is 6.51. The molecule has 2 amide bonds. The SMILES string of the molecule is O=C(Nc1ccc(F)cc1)Nc1cccc(Cc2n[nH]c(=O)c3ccccc23)c1. The van der Waals surface area contributed by atoms with Crippen LogP contribution in [0.1, 0.15) is 11.3 Å². The average Bonchev–Trinajstić information content (AvgIpc) is 2.72. The summed E-state index contributed by atoms with van der Waals surface area (Å²) in [5.41, 5.74) is 2.54. The number of aromatic nitrogens is 2. The molecule has 0 radical (unpaired) electrons. The zero-order valence-electron chi connectivity index (χ0n) is 15.3. The molecular weight excluding hydrogens is 371 g/mol. The molecule has 0 unspecified atom stereocenters. The van der Waals surface area contributed by atoms with Gasteiger partial charge in [0.15, 0.2) is 0 Å². The van der Waals surface area contributed by atoms with Crippen molar-refractivity contribution in [3.63, 3.8) is 0 Å². The van der Waals surface area contributed by atoms with Crippen molar-refractivity contribution in [2.45, 2.75) is 6.42 Å². The Morgan fingerprint density at radius 1 is 0.897 bits per heavy atom. The number of carbonyl (C=O) groups excluding carboxylic acids is 1. The highest BCUT2D eigenvalue weighted by molar-refractivity contribution is 5.99. The smallest absolute Gasteiger partial charge is 0.308 e. The maximum atomic E-state index is 13.0. The molecular formula is C22H17FN4O2. The average molecular weight is 388 g/mol. The molecule has 3 aromatic carbocycles. The molecule has 4 aromatic rings. The zero-order valence-corrected chi connectivity index (χ0v) is 15.3. The van der Waals surface area contributed by atoms with Crippen molar-refractivity contribution < 1.29 is 9.18 Å². The Balaban J connectivity index is 1.51. The molecule has 7 heteroatoms. The molecule has 6 nitrogen and oxygen atoms in total. The molecule has 0 bridgehead atoms. The molecule has 1 aromatic heterocycles. The van der Waals surface area contributed by atoms with E-state index in [4.69, 9.17) is 0 Å². The van der Waals surface area contributed by atoms with Gasteiger partial charge in [-0.1, -0.05) is 30.3 Å². The number of carbonyl (C=O) groups is 1. The minimum atomic E-state index is -0.429. The van der Waals surface area contributed by atoms with Gasteiger partial charge in [0.25, 0.3) is 5.56 Å². The van der Waals surface area contributed by atoms with Gasteiger partial charge in [0.1, 0.15) is 5.82 Å². The summed E-state index contributed by atoms with van der Waals surface area (Å²) in [4.78, 5) is 24.1. The largest absolute Gasteiger partial charge is 0.323 e. The topological polar surface area (TPSA) is 86.9 Å². The Labute approximate surface area is 165 Å². The number of H-pyrrole nitrogens is 1. The number of aromatic amines is 1. The van der Waals surface area contributed by atoms with Crippen LogP contribution in [0.4, 0.5) is 20.6 Å². The zero-order chi connectivity index (χ0) is 20.2. The van der Waals surface area contributed by atoms with Crippen LogP contribution in [0, 0.1) is 5.82 Å². The van der Waals surface area contributed by atoms with Crippen LogP contribution < -0.4 is 16.2 Å². The fourth-order valence-corrected chi connectivity index (χ4v) is 3.09. The number of fused-ring (bicyclic) bond motifs is 1. The fraction of sp³-hybridized carbons (Fsp3) is 0.0455. The summed E-state index contributed by atoms with van der Waals surface area (Å²) in [6, 6.07) is 19.8. The van der Waals surface area contributed by atoms with Crippen molar-refractivity contribution in [2.75, 3.05) is 10.6 Å². The first-order valence-electron chi connectivity index (χ1n) is 8.97. The van der Waals surface area contributed by atoms with Crippen LogP contribution in [0.3, 0.4) is 0 Å². The first-order valence-corrected chi connectivity index (χ1v) is 8.97. The fourth-order valence-electron chi connectivity index (χ4n) is 3.09. The van der Waals surface area contributed by atoms with Crippen LogP contribution in [-0.2, 0) is 6.42 Å². The lowest BCUT2D eigenvalue weighted by atomic mass is 10.0. The molecule has 0 saturated carbocycles. The van der Waals surface area contributed by atoms with Crippen LogP contribution in [0.5, 0.6) is 0 Å². The van der Waals surface area contributed by atoms with Crippen molar-refractivity contribution >= 4 is 28.2 Å². The van der Waals surface area contributed by atoms with Crippen molar-refractivity contribution in [2.24, 2.45) is 0 Å². The molecule has 0 aliphatic heterocycles. The lowest BCUT2D eigenvalue weighted by molar-refractivity contribution is 0.262. The number of nitrogens with one attached hydrogen (secondary N) is 3. The Hall–Kier alpha value is -4.00. The highest BCUT2D eigenvalue weighted by Crippen LogP contribution is 2.19. The van der Waals surface area contributed by atoms with Crippen LogP contribution in [-0.4, -0.2) is 16.2 Å².